The number of carbonyl (C=O) groups is 1. The normalized spacial score (nSPS) is 15.4. The fourth-order valence-electron chi connectivity index (χ4n) is 3.40. The van der Waals surface area contributed by atoms with Gasteiger partial charge >= 0.3 is 0 Å². The second kappa shape index (κ2) is 8.13. The van der Waals surface area contributed by atoms with E-state index in [0.717, 1.165) is 41.9 Å². The molecule has 142 valence electrons. The van der Waals surface area contributed by atoms with Gasteiger partial charge in [-0.2, -0.15) is 4.73 Å². The zero-order valence-corrected chi connectivity index (χ0v) is 15.1. The maximum absolute atomic E-state index is 12.3. The molecule has 2 aromatic rings. The number of nitrogens with one attached hydrogen (secondary N) is 1. The minimum absolute atomic E-state index is 0.0505. The highest BCUT2D eigenvalue weighted by Gasteiger charge is 2.26. The Labute approximate surface area is 157 Å². The number of nitro groups is 1. The predicted molar refractivity (Wildman–Crippen MR) is 100 cm³/mol. The van der Waals surface area contributed by atoms with Crippen molar-refractivity contribution in [2.45, 2.75) is 25.7 Å². The number of nitro benzene ring substituents is 1. The van der Waals surface area contributed by atoms with Crippen LogP contribution in [0.3, 0.4) is 0 Å². The molecule has 3 rings (SSSR count). The minimum Gasteiger partial charge on any atom is -0.618 e. The van der Waals surface area contributed by atoms with Crippen molar-refractivity contribution in [3.63, 3.8) is 0 Å². The van der Waals surface area contributed by atoms with E-state index in [-0.39, 0.29) is 24.1 Å². The number of hydrogen-bond donors (Lipinski definition) is 1. The number of anilines is 1. The third-order valence-corrected chi connectivity index (χ3v) is 4.93. The fraction of sp³-hybridized carbons (Fsp3) is 0.368. The number of non-ortho nitro benzene ring substituents is 1. The molecule has 0 bridgehead atoms. The number of pyridine rings is 1. The van der Waals surface area contributed by atoms with Crippen LogP contribution in [0.4, 0.5) is 11.4 Å². The van der Waals surface area contributed by atoms with Crippen LogP contribution in [0.2, 0.25) is 0 Å². The van der Waals surface area contributed by atoms with E-state index in [9.17, 15) is 20.1 Å². The highest BCUT2D eigenvalue weighted by atomic mass is 16.6. The van der Waals surface area contributed by atoms with Gasteiger partial charge in [0.05, 0.1) is 17.2 Å². The topological polar surface area (TPSA) is 102 Å². The molecule has 8 heteroatoms. The first-order valence-corrected chi connectivity index (χ1v) is 8.89. The summed E-state index contributed by atoms with van der Waals surface area (Å²) in [6.45, 7) is 3.46. The molecule has 0 unspecified atom stereocenters. The van der Waals surface area contributed by atoms with Gasteiger partial charge < -0.3 is 10.5 Å². The molecule has 0 radical (unpaired) electrons. The number of carbonyl (C=O) groups excluding carboxylic acids is 1. The lowest BCUT2D eigenvalue weighted by atomic mass is 9.93. The number of piperidine rings is 1. The van der Waals surface area contributed by atoms with Gasteiger partial charge in [0, 0.05) is 30.2 Å². The zero-order chi connectivity index (χ0) is 19.4. The summed E-state index contributed by atoms with van der Waals surface area (Å²) < 4.78 is 0.915. The molecule has 1 aliphatic rings. The Morgan fingerprint density at radius 1 is 1.30 bits per heavy atom. The minimum atomic E-state index is -0.480. The van der Waals surface area contributed by atoms with E-state index in [1.807, 2.05) is 17.0 Å². The first-order chi connectivity index (χ1) is 12.9. The monoisotopic (exact) mass is 370 g/mol. The van der Waals surface area contributed by atoms with Gasteiger partial charge in [0.25, 0.3) is 5.69 Å². The standard InChI is InChI=1S/C19H22N4O4/c1-14-5-6-16(23(26)27)12-17(14)20-19(24)13-21-10-7-15(8-11-21)18-4-2-3-9-22(18)25/h2-6,9,12,15H,7-8,10-11,13H2,1H3,(H,20,24). The van der Waals surface area contributed by atoms with Crippen molar-refractivity contribution in [3.8, 4) is 0 Å². The summed E-state index contributed by atoms with van der Waals surface area (Å²) in [6.07, 6.45) is 3.14. The molecule has 1 aromatic heterocycles. The Balaban J connectivity index is 1.55. The van der Waals surface area contributed by atoms with E-state index in [1.54, 1.807) is 19.1 Å². The maximum Gasteiger partial charge on any atom is 0.271 e. The van der Waals surface area contributed by atoms with E-state index < -0.39 is 4.92 Å². The van der Waals surface area contributed by atoms with Gasteiger partial charge in [0.2, 0.25) is 5.91 Å². The van der Waals surface area contributed by atoms with Crippen molar-refractivity contribution in [1.82, 2.24) is 4.90 Å². The molecule has 1 amide bonds. The SMILES string of the molecule is Cc1ccc([N+](=O)[O-])cc1NC(=O)CN1CCC(c2cccc[n+]2[O-])CC1. The van der Waals surface area contributed by atoms with Crippen molar-refractivity contribution >= 4 is 17.3 Å². The Hall–Kier alpha value is -3.00. The van der Waals surface area contributed by atoms with Crippen molar-refractivity contribution in [2.75, 3.05) is 25.0 Å². The summed E-state index contributed by atoms with van der Waals surface area (Å²) in [4.78, 5) is 24.8. The van der Waals surface area contributed by atoms with Crippen LogP contribution in [0.5, 0.6) is 0 Å². The number of hydrogen-bond acceptors (Lipinski definition) is 5. The van der Waals surface area contributed by atoms with Crippen LogP contribution in [0.1, 0.15) is 30.0 Å². The quantitative estimate of drug-likeness (QED) is 0.377. The number of rotatable bonds is 5. The summed E-state index contributed by atoms with van der Waals surface area (Å²) in [5.74, 6) is -0.00215. The second-order valence-electron chi connectivity index (χ2n) is 6.81. The lowest BCUT2D eigenvalue weighted by molar-refractivity contribution is -0.616. The summed E-state index contributed by atoms with van der Waals surface area (Å²) in [6, 6.07) is 9.85. The maximum atomic E-state index is 12.3. The molecule has 0 spiro atoms. The average Bonchev–Trinajstić information content (AvgIpc) is 2.64. The molecule has 1 saturated heterocycles. The molecule has 8 nitrogen and oxygen atoms in total. The predicted octanol–water partition coefficient (Wildman–Crippen LogP) is 2.35. The van der Waals surface area contributed by atoms with Gasteiger partial charge in [-0.15, -0.1) is 0 Å². The number of likely N-dealkylation sites (tertiary alicyclic amines) is 1. The van der Waals surface area contributed by atoms with Crippen molar-refractivity contribution in [1.29, 1.82) is 0 Å². The first kappa shape index (κ1) is 18.8. The molecule has 1 N–H and O–H groups in total. The number of benzene rings is 1. The Morgan fingerprint density at radius 2 is 2.04 bits per heavy atom. The van der Waals surface area contributed by atoms with E-state index in [0.29, 0.717) is 5.69 Å². The van der Waals surface area contributed by atoms with Gasteiger partial charge in [-0.3, -0.25) is 19.8 Å². The smallest absolute Gasteiger partial charge is 0.271 e. The highest BCUT2D eigenvalue weighted by molar-refractivity contribution is 5.93. The second-order valence-corrected chi connectivity index (χ2v) is 6.81. The Kier molecular flexibility index (Phi) is 5.66. The van der Waals surface area contributed by atoms with E-state index in [4.69, 9.17) is 0 Å². The summed E-state index contributed by atoms with van der Waals surface area (Å²) >= 11 is 0. The fourth-order valence-corrected chi connectivity index (χ4v) is 3.40. The number of aromatic nitrogens is 1. The number of aryl methyl sites for hydroxylation is 1. The van der Waals surface area contributed by atoms with Crippen LogP contribution in [-0.4, -0.2) is 35.4 Å². The van der Waals surface area contributed by atoms with E-state index in [1.165, 1.54) is 18.3 Å². The zero-order valence-electron chi connectivity index (χ0n) is 15.1. The van der Waals surface area contributed by atoms with Crippen molar-refractivity contribution in [2.24, 2.45) is 0 Å². The molecule has 1 aliphatic heterocycles. The van der Waals surface area contributed by atoms with Crippen molar-refractivity contribution in [3.05, 3.63) is 69.2 Å². The van der Waals surface area contributed by atoms with Gasteiger partial charge in [0.1, 0.15) is 0 Å². The first-order valence-electron chi connectivity index (χ1n) is 8.89. The van der Waals surface area contributed by atoms with Crippen LogP contribution in [-0.2, 0) is 4.79 Å². The summed E-state index contributed by atoms with van der Waals surface area (Å²) in [7, 11) is 0. The molecule has 0 atom stereocenters. The highest BCUT2D eigenvalue weighted by Crippen LogP contribution is 2.26. The van der Waals surface area contributed by atoms with Crippen LogP contribution < -0.4 is 10.0 Å². The van der Waals surface area contributed by atoms with Gasteiger partial charge in [0.15, 0.2) is 11.9 Å². The van der Waals surface area contributed by atoms with Gasteiger partial charge in [-0.25, -0.2) is 0 Å². The molecular weight excluding hydrogens is 348 g/mol. The van der Waals surface area contributed by atoms with Crippen molar-refractivity contribution < 1.29 is 14.4 Å². The van der Waals surface area contributed by atoms with E-state index in [2.05, 4.69) is 5.32 Å². The third-order valence-electron chi connectivity index (χ3n) is 4.93. The van der Waals surface area contributed by atoms with Crippen LogP contribution in [0, 0.1) is 22.2 Å². The Bertz CT molecular complexity index is 847. The molecule has 2 heterocycles. The number of amides is 1. The molecule has 1 aromatic carbocycles. The third kappa shape index (κ3) is 4.59. The lowest BCUT2D eigenvalue weighted by Gasteiger charge is -2.30. The molecule has 0 aliphatic carbocycles. The summed E-state index contributed by atoms with van der Waals surface area (Å²) in [5.41, 5.74) is 1.96. The van der Waals surface area contributed by atoms with Gasteiger partial charge in [-0.1, -0.05) is 12.1 Å². The molecule has 27 heavy (non-hydrogen) atoms. The number of nitrogens with zero attached hydrogens (tertiary/aromatic N) is 3. The van der Waals surface area contributed by atoms with Crippen LogP contribution >= 0.6 is 0 Å². The molecule has 0 saturated carbocycles. The molecule has 1 fully saturated rings. The van der Waals surface area contributed by atoms with E-state index >= 15 is 0 Å². The Morgan fingerprint density at radius 3 is 2.70 bits per heavy atom. The summed E-state index contributed by atoms with van der Waals surface area (Å²) in [5, 5.41) is 25.5. The molecular formula is C19H22N4O4. The largest absolute Gasteiger partial charge is 0.618 e. The van der Waals surface area contributed by atoms with Crippen LogP contribution in [0.15, 0.2) is 42.6 Å². The van der Waals surface area contributed by atoms with Crippen LogP contribution in [0.25, 0.3) is 0 Å². The lowest BCUT2D eigenvalue weighted by Crippen LogP contribution is -2.41. The average molecular weight is 370 g/mol. The van der Waals surface area contributed by atoms with Gasteiger partial charge in [-0.05, 0) is 38.4 Å².